The fourth-order valence-corrected chi connectivity index (χ4v) is 4.82. The number of pyridine rings is 1. The number of piperidine rings is 1. The second-order valence-electron chi connectivity index (χ2n) is 10.8. The third-order valence-corrected chi connectivity index (χ3v) is 6.94. The molecule has 0 saturated carbocycles. The molecule has 1 atom stereocenters. The molecule has 6 heteroatoms. The number of benzene rings is 1. The summed E-state index contributed by atoms with van der Waals surface area (Å²) in [6.07, 6.45) is 9.65. The lowest BCUT2D eigenvalue weighted by Crippen LogP contribution is -2.43. The smallest absolute Gasteiger partial charge is 0.404 e. The van der Waals surface area contributed by atoms with Gasteiger partial charge in [0.1, 0.15) is 17.4 Å². The zero-order chi connectivity index (χ0) is 24.6. The molecule has 1 amide bonds. The van der Waals surface area contributed by atoms with Crippen LogP contribution >= 0.6 is 0 Å². The third kappa shape index (κ3) is 7.86. The highest BCUT2D eigenvalue weighted by Gasteiger charge is 2.26. The van der Waals surface area contributed by atoms with Crippen molar-refractivity contribution >= 4 is 17.0 Å². The number of nitrogens with zero attached hydrogens (tertiary/aromatic N) is 2. The number of aryl methyl sites for hydroxylation is 1. The highest BCUT2D eigenvalue weighted by Crippen LogP contribution is 2.29. The molecule has 1 unspecified atom stereocenters. The summed E-state index contributed by atoms with van der Waals surface area (Å²) in [4.78, 5) is 18.2. The van der Waals surface area contributed by atoms with Gasteiger partial charge in [-0.25, -0.2) is 4.79 Å². The van der Waals surface area contributed by atoms with Crippen molar-refractivity contribution in [3.05, 3.63) is 36.0 Å². The van der Waals surface area contributed by atoms with E-state index < -0.39 is 6.09 Å². The van der Waals surface area contributed by atoms with E-state index in [1.165, 1.54) is 18.4 Å². The lowest BCUT2D eigenvalue weighted by Gasteiger charge is -2.33. The first-order valence-corrected chi connectivity index (χ1v) is 13.0. The predicted octanol–water partition coefficient (Wildman–Crippen LogP) is 6.27. The van der Waals surface area contributed by atoms with Crippen LogP contribution in [0.4, 0.5) is 4.79 Å². The number of amides is 1. The second-order valence-corrected chi connectivity index (χ2v) is 10.8. The number of aromatic nitrogens is 1. The number of hydrogen-bond donors (Lipinski definition) is 2. The molecule has 1 saturated heterocycles. The molecular formula is C28H43N3O3. The molecule has 2 N–H and O–H groups in total. The Morgan fingerprint density at radius 2 is 2.00 bits per heavy atom. The number of hydrogen-bond acceptors (Lipinski definition) is 4. The van der Waals surface area contributed by atoms with E-state index >= 15 is 0 Å². The first-order chi connectivity index (χ1) is 16.3. The summed E-state index contributed by atoms with van der Waals surface area (Å²) in [5.74, 6) is 0.932. The first kappa shape index (κ1) is 26.3. The number of likely N-dealkylation sites (tertiary alicyclic amines) is 1. The number of carboxylic acid groups (broad SMARTS) is 1. The monoisotopic (exact) mass is 469 g/mol. The van der Waals surface area contributed by atoms with Crippen LogP contribution in [0.5, 0.6) is 5.75 Å². The molecular weight excluding hydrogens is 426 g/mol. The number of rotatable bonds is 11. The van der Waals surface area contributed by atoms with Gasteiger partial charge in [0.2, 0.25) is 0 Å². The van der Waals surface area contributed by atoms with E-state index in [0.717, 1.165) is 74.8 Å². The van der Waals surface area contributed by atoms with Crippen molar-refractivity contribution in [1.82, 2.24) is 15.2 Å². The van der Waals surface area contributed by atoms with Gasteiger partial charge in [-0.2, -0.15) is 0 Å². The molecule has 0 radical (unpaired) electrons. The normalized spacial score (nSPS) is 16.5. The summed E-state index contributed by atoms with van der Waals surface area (Å²) in [5, 5.41) is 13.0. The Kier molecular flexibility index (Phi) is 9.57. The van der Waals surface area contributed by atoms with Gasteiger partial charge < -0.3 is 20.1 Å². The molecule has 1 aliphatic heterocycles. The third-order valence-electron chi connectivity index (χ3n) is 6.94. The van der Waals surface area contributed by atoms with Crippen LogP contribution in [-0.4, -0.2) is 52.9 Å². The molecule has 2 heterocycles. The van der Waals surface area contributed by atoms with Crippen molar-refractivity contribution in [2.75, 3.05) is 19.6 Å². The lowest BCUT2D eigenvalue weighted by molar-refractivity contribution is 0.1000. The maximum Gasteiger partial charge on any atom is 0.404 e. The molecule has 188 valence electrons. The fraction of sp³-hybridized carbons (Fsp3) is 0.643. The van der Waals surface area contributed by atoms with Crippen molar-refractivity contribution in [2.24, 2.45) is 5.41 Å². The van der Waals surface area contributed by atoms with Gasteiger partial charge in [0.25, 0.3) is 0 Å². The molecule has 34 heavy (non-hydrogen) atoms. The summed E-state index contributed by atoms with van der Waals surface area (Å²) in [5.41, 5.74) is 2.23. The standard InChI is InChI=1S/C28H43N3O3/c1-5-6-10-21-19-22-11-9-15-29-26(22)24(20-21)34-23-13-17-31(18-14-23)16-8-7-12-25(28(2,3)4)30-27(32)33/h9,11,15,19-20,23,25,30H,5-8,10,12-14,16-18H2,1-4H3,(H,32,33). The van der Waals surface area contributed by atoms with E-state index in [2.05, 4.69) is 61.1 Å². The Morgan fingerprint density at radius 1 is 1.24 bits per heavy atom. The van der Waals surface area contributed by atoms with E-state index in [0.29, 0.717) is 0 Å². The van der Waals surface area contributed by atoms with E-state index in [1.54, 1.807) is 0 Å². The fourth-order valence-electron chi connectivity index (χ4n) is 4.82. The Balaban J connectivity index is 1.47. The van der Waals surface area contributed by atoms with Gasteiger partial charge >= 0.3 is 6.09 Å². The first-order valence-electron chi connectivity index (χ1n) is 13.0. The minimum atomic E-state index is -0.930. The van der Waals surface area contributed by atoms with Gasteiger partial charge in [-0.15, -0.1) is 0 Å². The number of fused-ring (bicyclic) bond motifs is 1. The predicted molar refractivity (Wildman–Crippen MR) is 139 cm³/mol. The van der Waals surface area contributed by atoms with Crippen LogP contribution in [0.15, 0.2) is 30.5 Å². The average molecular weight is 470 g/mol. The van der Waals surface area contributed by atoms with Gasteiger partial charge in [-0.05, 0) is 74.2 Å². The summed E-state index contributed by atoms with van der Waals surface area (Å²) >= 11 is 0. The highest BCUT2D eigenvalue weighted by atomic mass is 16.5. The number of unbranched alkanes of at least 4 members (excludes halogenated alkanes) is 2. The Labute approximate surface area is 205 Å². The highest BCUT2D eigenvalue weighted by molar-refractivity contribution is 5.85. The molecule has 1 aliphatic rings. The molecule has 1 aromatic carbocycles. The number of nitrogens with one attached hydrogen (secondary N) is 1. The van der Waals surface area contributed by atoms with E-state index in [4.69, 9.17) is 9.84 Å². The van der Waals surface area contributed by atoms with Crippen molar-refractivity contribution in [1.29, 1.82) is 0 Å². The summed E-state index contributed by atoms with van der Waals surface area (Å²) in [6.45, 7) is 11.7. The molecule has 1 fully saturated rings. The van der Waals surface area contributed by atoms with Gasteiger partial charge in [0.05, 0.1) is 0 Å². The van der Waals surface area contributed by atoms with E-state index in [-0.39, 0.29) is 17.6 Å². The zero-order valence-corrected chi connectivity index (χ0v) is 21.5. The summed E-state index contributed by atoms with van der Waals surface area (Å²) in [6, 6.07) is 8.57. The molecule has 1 aromatic heterocycles. The molecule has 3 rings (SSSR count). The topological polar surface area (TPSA) is 74.7 Å². The molecule has 0 bridgehead atoms. The molecule has 0 aliphatic carbocycles. The van der Waals surface area contributed by atoms with Crippen LogP contribution < -0.4 is 10.1 Å². The van der Waals surface area contributed by atoms with Crippen molar-refractivity contribution in [3.63, 3.8) is 0 Å². The summed E-state index contributed by atoms with van der Waals surface area (Å²) < 4.78 is 6.52. The SMILES string of the molecule is CCCCc1cc(OC2CCN(CCCCC(NC(=O)O)C(C)(C)C)CC2)c2ncccc2c1. The Bertz CT molecular complexity index is 917. The largest absolute Gasteiger partial charge is 0.488 e. The minimum absolute atomic E-state index is 0.0133. The average Bonchev–Trinajstić information content (AvgIpc) is 2.80. The number of ether oxygens (including phenoxy) is 1. The molecule has 6 nitrogen and oxygen atoms in total. The Hall–Kier alpha value is -2.34. The van der Waals surface area contributed by atoms with Crippen molar-refractivity contribution < 1.29 is 14.6 Å². The van der Waals surface area contributed by atoms with E-state index in [1.807, 2.05) is 12.3 Å². The van der Waals surface area contributed by atoms with Crippen LogP contribution in [-0.2, 0) is 6.42 Å². The van der Waals surface area contributed by atoms with Gasteiger partial charge in [0, 0.05) is 30.7 Å². The second kappa shape index (κ2) is 12.4. The van der Waals surface area contributed by atoms with Crippen LogP contribution in [0.2, 0.25) is 0 Å². The maximum atomic E-state index is 11.1. The van der Waals surface area contributed by atoms with Crippen LogP contribution in [0.25, 0.3) is 10.9 Å². The molecule has 0 spiro atoms. The van der Waals surface area contributed by atoms with Gasteiger partial charge in [-0.1, -0.05) is 46.6 Å². The van der Waals surface area contributed by atoms with Crippen molar-refractivity contribution in [2.45, 2.75) is 91.2 Å². The van der Waals surface area contributed by atoms with Crippen molar-refractivity contribution in [3.8, 4) is 5.75 Å². The van der Waals surface area contributed by atoms with Crippen LogP contribution in [0, 0.1) is 5.41 Å². The Morgan fingerprint density at radius 3 is 2.68 bits per heavy atom. The minimum Gasteiger partial charge on any atom is -0.488 e. The maximum absolute atomic E-state index is 11.1. The van der Waals surface area contributed by atoms with Gasteiger partial charge in [0.15, 0.2) is 0 Å². The zero-order valence-electron chi connectivity index (χ0n) is 21.5. The molecule has 2 aromatic rings. The van der Waals surface area contributed by atoms with E-state index in [9.17, 15) is 4.79 Å². The van der Waals surface area contributed by atoms with Crippen LogP contribution in [0.3, 0.4) is 0 Å². The van der Waals surface area contributed by atoms with Crippen LogP contribution in [0.1, 0.15) is 78.2 Å². The lowest BCUT2D eigenvalue weighted by atomic mass is 9.84. The quantitative estimate of drug-likeness (QED) is 0.379. The summed E-state index contributed by atoms with van der Waals surface area (Å²) in [7, 11) is 0. The van der Waals surface area contributed by atoms with Gasteiger partial charge in [-0.3, -0.25) is 4.98 Å². The number of carbonyl (C=O) groups is 1.